The molecule has 0 bridgehead atoms. The molecule has 0 saturated heterocycles. The number of hydrogen-bond donors (Lipinski definition) is 2. The fourth-order valence-electron chi connectivity index (χ4n) is 4.36. The van der Waals surface area contributed by atoms with Crippen LogP contribution in [0.1, 0.15) is 34.6 Å². The topological polar surface area (TPSA) is 129 Å². The van der Waals surface area contributed by atoms with Crippen LogP contribution in [0.15, 0.2) is 71.9 Å². The lowest BCUT2D eigenvalue weighted by Gasteiger charge is -2.38. The summed E-state index contributed by atoms with van der Waals surface area (Å²) < 4.78 is 47.1. The minimum absolute atomic E-state index is 0.0591. The first-order valence-electron chi connectivity index (χ1n) is 12.7. The number of carbonyl (C=O) groups excluding carboxylic acids is 2. The summed E-state index contributed by atoms with van der Waals surface area (Å²) in [5, 5.41) is 12.6. The van der Waals surface area contributed by atoms with Crippen LogP contribution in [-0.4, -0.2) is 78.4 Å². The Morgan fingerprint density at radius 2 is 1.88 bits per heavy atom. The Kier molecular flexibility index (Phi) is 8.82. The molecule has 2 amide bonds. The molecule has 1 aromatic heterocycles. The van der Waals surface area contributed by atoms with Gasteiger partial charge in [-0.3, -0.25) is 14.6 Å². The van der Waals surface area contributed by atoms with Gasteiger partial charge in [-0.15, -0.1) is 0 Å². The van der Waals surface area contributed by atoms with Crippen LogP contribution in [0.2, 0.25) is 0 Å². The van der Waals surface area contributed by atoms with Crippen LogP contribution >= 0.6 is 0 Å². The quantitative estimate of drug-likeness (QED) is 0.426. The van der Waals surface area contributed by atoms with Crippen molar-refractivity contribution in [2.45, 2.75) is 30.9 Å². The lowest BCUT2D eigenvalue weighted by atomic mass is 9.99. The van der Waals surface area contributed by atoms with Crippen LogP contribution < -0.4 is 10.1 Å². The van der Waals surface area contributed by atoms with Crippen molar-refractivity contribution in [2.75, 3.05) is 32.1 Å². The van der Waals surface area contributed by atoms with E-state index in [2.05, 4.69) is 10.3 Å². The molecule has 2 heterocycles. The van der Waals surface area contributed by atoms with Crippen LogP contribution in [0.3, 0.4) is 0 Å². The number of pyridine rings is 1. The predicted molar refractivity (Wildman–Crippen MR) is 146 cm³/mol. The van der Waals surface area contributed by atoms with Gasteiger partial charge in [0.15, 0.2) is 0 Å². The molecular formula is C28H31FN4O6S. The van der Waals surface area contributed by atoms with E-state index in [1.165, 1.54) is 42.5 Å². The third kappa shape index (κ3) is 6.30. The van der Waals surface area contributed by atoms with Crippen molar-refractivity contribution in [3.63, 3.8) is 0 Å². The number of nitrogens with one attached hydrogen (secondary N) is 1. The third-order valence-corrected chi connectivity index (χ3v) is 8.66. The molecule has 4 rings (SSSR count). The minimum atomic E-state index is -3.95. The number of likely N-dealkylation sites (N-methyl/N-ethyl adjacent to an activating group) is 1. The van der Waals surface area contributed by atoms with E-state index in [1.807, 2.05) is 6.92 Å². The van der Waals surface area contributed by atoms with Gasteiger partial charge in [0.1, 0.15) is 17.7 Å². The lowest BCUT2D eigenvalue weighted by Crippen LogP contribution is -2.50. The highest BCUT2D eigenvalue weighted by Crippen LogP contribution is 2.31. The van der Waals surface area contributed by atoms with Crippen LogP contribution in [0.25, 0.3) is 0 Å². The van der Waals surface area contributed by atoms with E-state index in [0.717, 1.165) is 16.4 Å². The first kappa shape index (κ1) is 29.1. The van der Waals surface area contributed by atoms with Crippen molar-refractivity contribution >= 4 is 27.5 Å². The second-order valence-electron chi connectivity index (χ2n) is 9.76. The first-order valence-corrected chi connectivity index (χ1v) is 14.1. The van der Waals surface area contributed by atoms with Gasteiger partial charge in [-0.05, 0) is 61.5 Å². The molecule has 40 heavy (non-hydrogen) atoms. The molecule has 3 aromatic rings. The normalized spacial score (nSPS) is 18.4. The van der Waals surface area contributed by atoms with Crippen molar-refractivity contribution in [3.05, 3.63) is 83.9 Å². The Morgan fingerprint density at radius 1 is 1.20 bits per heavy atom. The summed E-state index contributed by atoms with van der Waals surface area (Å²) in [7, 11) is -2.55. The van der Waals surface area contributed by atoms with Gasteiger partial charge in [-0.2, -0.15) is 4.31 Å². The molecule has 3 atom stereocenters. The number of halogens is 1. The van der Waals surface area contributed by atoms with Gasteiger partial charge in [0.25, 0.3) is 11.8 Å². The molecule has 2 aromatic carbocycles. The number of aromatic nitrogens is 1. The van der Waals surface area contributed by atoms with Gasteiger partial charge in [0.2, 0.25) is 10.0 Å². The maximum atomic E-state index is 13.6. The standard InChI is InChI=1S/C28H31FN4O6S/c1-18-15-33(19(2)17-34)28(36)24-14-22(31-27(35)20-10-12-30-13-11-20)6-9-25(24)39-26(18)16-32(3)40(37,38)23-7-4-21(29)5-8-23/h4-14,18-19,26,34H,15-17H2,1-3H3,(H,31,35)/t18-,19-,26-/m0/s1. The molecule has 1 aliphatic heterocycles. The number of benzene rings is 2. The highest BCUT2D eigenvalue weighted by Gasteiger charge is 2.35. The number of aliphatic hydroxyl groups is 1. The number of hydrogen-bond acceptors (Lipinski definition) is 7. The monoisotopic (exact) mass is 570 g/mol. The second kappa shape index (κ2) is 12.1. The number of amides is 2. The molecule has 2 N–H and O–H groups in total. The fourth-order valence-corrected chi connectivity index (χ4v) is 5.55. The summed E-state index contributed by atoms with van der Waals surface area (Å²) in [5.41, 5.74) is 0.906. The molecule has 12 heteroatoms. The highest BCUT2D eigenvalue weighted by molar-refractivity contribution is 7.89. The number of fused-ring (bicyclic) bond motifs is 1. The number of ether oxygens (including phenoxy) is 1. The average Bonchev–Trinajstić information content (AvgIpc) is 2.95. The van der Waals surface area contributed by atoms with Gasteiger partial charge in [-0.25, -0.2) is 12.8 Å². The first-order chi connectivity index (χ1) is 19.0. The zero-order valence-corrected chi connectivity index (χ0v) is 23.1. The van der Waals surface area contributed by atoms with E-state index < -0.39 is 33.9 Å². The zero-order chi connectivity index (χ0) is 29.0. The maximum absolute atomic E-state index is 13.6. The van der Waals surface area contributed by atoms with Crippen molar-refractivity contribution in [1.82, 2.24) is 14.2 Å². The van der Waals surface area contributed by atoms with Crippen molar-refractivity contribution < 1.29 is 32.2 Å². The predicted octanol–water partition coefficient (Wildman–Crippen LogP) is 3.01. The average molecular weight is 571 g/mol. The van der Waals surface area contributed by atoms with E-state index in [9.17, 15) is 27.5 Å². The van der Waals surface area contributed by atoms with Crippen LogP contribution in [0.5, 0.6) is 5.75 Å². The Labute approximate surface area is 232 Å². The highest BCUT2D eigenvalue weighted by atomic mass is 32.2. The molecular weight excluding hydrogens is 539 g/mol. The van der Waals surface area contributed by atoms with E-state index in [0.29, 0.717) is 11.3 Å². The molecule has 0 unspecified atom stereocenters. The summed E-state index contributed by atoms with van der Waals surface area (Å²) in [6, 6.07) is 11.8. The summed E-state index contributed by atoms with van der Waals surface area (Å²) in [5.74, 6) is -1.45. The van der Waals surface area contributed by atoms with Gasteiger partial charge in [-0.1, -0.05) is 6.92 Å². The van der Waals surface area contributed by atoms with E-state index >= 15 is 0 Å². The summed E-state index contributed by atoms with van der Waals surface area (Å²) in [4.78, 5) is 31.6. The molecule has 0 saturated carbocycles. The molecule has 0 fully saturated rings. The molecule has 1 aliphatic rings. The maximum Gasteiger partial charge on any atom is 0.258 e. The van der Waals surface area contributed by atoms with Crippen LogP contribution in [-0.2, 0) is 10.0 Å². The largest absolute Gasteiger partial charge is 0.488 e. The summed E-state index contributed by atoms with van der Waals surface area (Å²) in [6.07, 6.45) is 2.31. The number of rotatable bonds is 8. The number of aliphatic hydroxyl groups excluding tert-OH is 1. The van der Waals surface area contributed by atoms with Crippen molar-refractivity contribution in [2.24, 2.45) is 5.92 Å². The lowest BCUT2D eigenvalue weighted by molar-refractivity contribution is 0.0387. The van der Waals surface area contributed by atoms with Crippen molar-refractivity contribution in [1.29, 1.82) is 0 Å². The van der Waals surface area contributed by atoms with Crippen LogP contribution in [0, 0.1) is 11.7 Å². The molecule has 212 valence electrons. The Balaban J connectivity index is 1.65. The Morgan fingerprint density at radius 3 is 2.52 bits per heavy atom. The number of anilines is 1. The van der Waals surface area contributed by atoms with E-state index in [4.69, 9.17) is 4.74 Å². The number of carbonyl (C=O) groups is 2. The number of sulfonamides is 1. The Hall–Kier alpha value is -3.87. The van der Waals surface area contributed by atoms with E-state index in [1.54, 1.807) is 31.2 Å². The molecule has 0 spiro atoms. The van der Waals surface area contributed by atoms with Gasteiger partial charge in [0, 0.05) is 43.2 Å². The van der Waals surface area contributed by atoms with Crippen molar-refractivity contribution in [3.8, 4) is 5.75 Å². The summed E-state index contributed by atoms with van der Waals surface area (Å²) >= 11 is 0. The number of nitrogens with zero attached hydrogens (tertiary/aromatic N) is 3. The molecule has 0 aliphatic carbocycles. The second-order valence-corrected chi connectivity index (χ2v) is 11.8. The smallest absolute Gasteiger partial charge is 0.258 e. The third-order valence-electron chi connectivity index (χ3n) is 6.82. The van der Waals surface area contributed by atoms with Crippen LogP contribution in [0.4, 0.5) is 10.1 Å². The molecule has 10 nitrogen and oxygen atoms in total. The molecule has 0 radical (unpaired) electrons. The minimum Gasteiger partial charge on any atom is -0.488 e. The summed E-state index contributed by atoms with van der Waals surface area (Å²) in [6.45, 7) is 3.39. The van der Waals surface area contributed by atoms with Gasteiger partial charge in [0.05, 0.1) is 29.7 Å². The van der Waals surface area contributed by atoms with Gasteiger partial charge >= 0.3 is 0 Å². The SMILES string of the molecule is C[C@H]1CN([C@@H](C)CO)C(=O)c2cc(NC(=O)c3ccncc3)ccc2O[C@H]1CN(C)S(=O)(=O)c1ccc(F)cc1. The fraction of sp³-hybridized carbons (Fsp3) is 0.321. The van der Waals surface area contributed by atoms with Gasteiger partial charge < -0.3 is 20.1 Å². The van der Waals surface area contributed by atoms with E-state index in [-0.39, 0.29) is 47.7 Å². The Bertz CT molecular complexity index is 1470. The zero-order valence-electron chi connectivity index (χ0n) is 22.3.